The number of aliphatic hydroxyl groups is 1. The van der Waals surface area contributed by atoms with Crippen molar-refractivity contribution in [3.05, 3.63) is 0 Å². The zero-order valence-corrected chi connectivity index (χ0v) is 4.48. The summed E-state index contributed by atoms with van der Waals surface area (Å²) in [7, 11) is 0. The minimum Gasteiger partial charge on any atom is -0.480 e. The summed E-state index contributed by atoms with van der Waals surface area (Å²) >= 11 is 0. The molecule has 0 spiro atoms. The normalized spacial score (nSPS) is 15.7. The summed E-state index contributed by atoms with van der Waals surface area (Å²) < 4.78 is 0. The maximum Gasteiger partial charge on any atom is 0.324 e. The quantitative estimate of drug-likeness (QED) is 0.385. The lowest BCUT2D eigenvalue weighted by atomic mass is 10.2. The lowest BCUT2D eigenvalue weighted by molar-refractivity contribution is -0.140. The van der Waals surface area contributed by atoms with Crippen LogP contribution in [-0.4, -0.2) is 28.3 Å². The highest BCUT2D eigenvalue weighted by Crippen LogP contribution is 1.86. The van der Waals surface area contributed by atoms with E-state index in [4.69, 9.17) is 21.2 Å². The topological polar surface area (TPSA) is 107 Å². The zero-order chi connectivity index (χ0) is 7.44. The second-order valence-corrected chi connectivity index (χ2v) is 1.44. The molecule has 0 aromatic heterocycles. The molecule has 9 heavy (non-hydrogen) atoms. The highest BCUT2D eigenvalue weighted by molar-refractivity contribution is 5.74. The Labute approximate surface area is 51.3 Å². The molecule has 0 amide bonds. The second-order valence-electron chi connectivity index (χ2n) is 1.44. The molecule has 0 aliphatic carbocycles. The number of hydrogen-bond acceptors (Lipinski definition) is 4. The highest BCUT2D eigenvalue weighted by atomic mass is 16.4. The van der Waals surface area contributed by atoms with Crippen molar-refractivity contribution in [3.63, 3.8) is 0 Å². The largest absolute Gasteiger partial charge is 0.480 e. The monoisotopic (exact) mass is 130 g/mol. The number of carbonyl (C=O) groups is 1. The van der Waals surface area contributed by atoms with Crippen molar-refractivity contribution in [3.8, 4) is 6.07 Å². The SMILES string of the molecule is N#CC(O)C(N)C(=O)O. The molecular formula is C4H6N2O3. The zero-order valence-electron chi connectivity index (χ0n) is 4.48. The molecule has 0 fully saturated rings. The number of carboxylic acid groups (broad SMARTS) is 1. The Morgan fingerprint density at radius 3 is 2.33 bits per heavy atom. The van der Waals surface area contributed by atoms with Gasteiger partial charge in [-0.25, -0.2) is 0 Å². The molecule has 0 aromatic carbocycles. The maximum absolute atomic E-state index is 9.86. The predicted molar refractivity (Wildman–Crippen MR) is 27.2 cm³/mol. The molecule has 4 N–H and O–H groups in total. The van der Waals surface area contributed by atoms with Gasteiger partial charge in [0.05, 0.1) is 6.07 Å². The molecule has 2 atom stereocenters. The van der Waals surface area contributed by atoms with E-state index in [1.54, 1.807) is 0 Å². The van der Waals surface area contributed by atoms with E-state index in [9.17, 15) is 4.79 Å². The van der Waals surface area contributed by atoms with Crippen LogP contribution in [0.2, 0.25) is 0 Å². The highest BCUT2D eigenvalue weighted by Gasteiger charge is 2.20. The lowest BCUT2D eigenvalue weighted by Crippen LogP contribution is -2.40. The molecule has 5 nitrogen and oxygen atoms in total. The predicted octanol–water partition coefficient (Wildman–Crippen LogP) is -1.72. The van der Waals surface area contributed by atoms with Crippen LogP contribution in [0.3, 0.4) is 0 Å². The molecule has 50 valence electrons. The molecule has 0 aliphatic heterocycles. The molecule has 0 rings (SSSR count). The number of rotatable bonds is 2. The van der Waals surface area contributed by atoms with E-state index in [1.807, 2.05) is 0 Å². The van der Waals surface area contributed by atoms with Gasteiger partial charge < -0.3 is 15.9 Å². The first-order chi connectivity index (χ1) is 4.09. The molecule has 0 heterocycles. The molecule has 0 aromatic rings. The Bertz CT molecular complexity index is 150. The summed E-state index contributed by atoms with van der Waals surface area (Å²) in [6.45, 7) is 0. The fraction of sp³-hybridized carbons (Fsp3) is 0.500. The first-order valence-corrected chi connectivity index (χ1v) is 2.15. The van der Waals surface area contributed by atoms with E-state index in [-0.39, 0.29) is 0 Å². The van der Waals surface area contributed by atoms with Crippen LogP contribution < -0.4 is 5.73 Å². The van der Waals surface area contributed by atoms with Crippen LogP contribution in [-0.2, 0) is 4.79 Å². The Morgan fingerprint density at radius 2 is 2.22 bits per heavy atom. The molecule has 0 aliphatic rings. The van der Waals surface area contributed by atoms with E-state index in [2.05, 4.69) is 0 Å². The van der Waals surface area contributed by atoms with Crippen LogP contribution >= 0.6 is 0 Å². The standard InChI is InChI=1S/C4H6N2O3/c5-1-2(7)3(6)4(8)9/h2-3,7H,6H2,(H,8,9). The van der Waals surface area contributed by atoms with Gasteiger partial charge in [-0.05, 0) is 0 Å². The average molecular weight is 130 g/mol. The molecule has 0 radical (unpaired) electrons. The van der Waals surface area contributed by atoms with E-state index in [0.717, 1.165) is 0 Å². The van der Waals surface area contributed by atoms with Crippen molar-refractivity contribution in [2.45, 2.75) is 12.1 Å². The summed E-state index contributed by atoms with van der Waals surface area (Å²) in [6.07, 6.45) is -1.62. The van der Waals surface area contributed by atoms with Crippen LogP contribution in [0.15, 0.2) is 0 Å². The van der Waals surface area contributed by atoms with Gasteiger partial charge in [0.15, 0.2) is 6.10 Å². The van der Waals surface area contributed by atoms with Gasteiger partial charge in [0.25, 0.3) is 0 Å². The van der Waals surface area contributed by atoms with Gasteiger partial charge in [-0.1, -0.05) is 0 Å². The van der Waals surface area contributed by atoms with E-state index >= 15 is 0 Å². The third-order valence-corrected chi connectivity index (χ3v) is 0.758. The van der Waals surface area contributed by atoms with Crippen molar-refractivity contribution in [2.24, 2.45) is 5.73 Å². The van der Waals surface area contributed by atoms with Crippen molar-refractivity contribution >= 4 is 5.97 Å². The Kier molecular flexibility index (Phi) is 2.64. The van der Waals surface area contributed by atoms with Gasteiger partial charge in [-0.3, -0.25) is 4.79 Å². The number of aliphatic hydroxyl groups excluding tert-OH is 1. The maximum atomic E-state index is 9.86. The van der Waals surface area contributed by atoms with E-state index in [1.165, 1.54) is 6.07 Å². The first-order valence-electron chi connectivity index (χ1n) is 2.15. The van der Waals surface area contributed by atoms with Crippen molar-refractivity contribution in [2.75, 3.05) is 0 Å². The molecule has 0 bridgehead atoms. The third kappa shape index (κ3) is 2.08. The summed E-state index contributed by atoms with van der Waals surface area (Å²) in [4.78, 5) is 9.86. The number of aliphatic carboxylic acids is 1. The van der Waals surface area contributed by atoms with Crippen LogP contribution in [0.5, 0.6) is 0 Å². The summed E-state index contributed by atoms with van der Waals surface area (Å²) in [6, 6.07) is -0.209. The molecule has 0 saturated heterocycles. The minimum atomic E-state index is -1.62. The number of nitriles is 1. The number of hydrogen-bond donors (Lipinski definition) is 3. The minimum absolute atomic E-state index is 1.30. The lowest BCUT2D eigenvalue weighted by Gasteiger charge is -2.04. The van der Waals surface area contributed by atoms with E-state index < -0.39 is 18.1 Å². The van der Waals surface area contributed by atoms with Gasteiger partial charge in [0.2, 0.25) is 0 Å². The van der Waals surface area contributed by atoms with Gasteiger partial charge in [-0.15, -0.1) is 0 Å². The van der Waals surface area contributed by atoms with Crippen LogP contribution in [0.4, 0.5) is 0 Å². The summed E-state index contributed by atoms with van der Waals surface area (Å²) in [5, 5.41) is 24.4. The van der Waals surface area contributed by atoms with Crippen molar-refractivity contribution in [1.29, 1.82) is 5.26 Å². The summed E-state index contributed by atoms with van der Waals surface area (Å²) in [5.41, 5.74) is 4.80. The van der Waals surface area contributed by atoms with Crippen LogP contribution in [0.1, 0.15) is 0 Å². The molecule has 0 saturated carbocycles. The number of nitrogens with two attached hydrogens (primary N) is 1. The van der Waals surface area contributed by atoms with Gasteiger partial charge in [0.1, 0.15) is 6.04 Å². The van der Waals surface area contributed by atoms with Crippen LogP contribution in [0.25, 0.3) is 0 Å². The molecular weight excluding hydrogens is 124 g/mol. The second kappa shape index (κ2) is 3.02. The molecule has 5 heteroatoms. The van der Waals surface area contributed by atoms with Gasteiger partial charge >= 0.3 is 5.97 Å². The summed E-state index contributed by atoms with van der Waals surface area (Å²) in [5.74, 6) is -1.39. The number of nitrogens with zero attached hydrogens (tertiary/aromatic N) is 1. The molecule has 2 unspecified atom stereocenters. The number of carboxylic acids is 1. The van der Waals surface area contributed by atoms with E-state index in [0.29, 0.717) is 0 Å². The fourth-order valence-electron chi connectivity index (χ4n) is 0.215. The van der Waals surface area contributed by atoms with Crippen LogP contribution in [0, 0.1) is 11.3 Å². The third-order valence-electron chi connectivity index (χ3n) is 0.758. The first kappa shape index (κ1) is 7.88. The Balaban J connectivity index is 3.91. The smallest absolute Gasteiger partial charge is 0.324 e. The van der Waals surface area contributed by atoms with Gasteiger partial charge in [-0.2, -0.15) is 5.26 Å². The fourth-order valence-corrected chi connectivity index (χ4v) is 0.215. The van der Waals surface area contributed by atoms with Crippen molar-refractivity contribution < 1.29 is 15.0 Å². The Morgan fingerprint density at radius 1 is 1.78 bits per heavy atom. The average Bonchev–Trinajstić information content (AvgIpc) is 1.84. The Hall–Kier alpha value is -1.12. The van der Waals surface area contributed by atoms with Crippen molar-refractivity contribution in [1.82, 2.24) is 0 Å². The van der Waals surface area contributed by atoms with Gasteiger partial charge in [0, 0.05) is 0 Å².